The fourth-order valence-electron chi connectivity index (χ4n) is 2.37. The molecule has 0 unspecified atom stereocenters. The molecule has 3 rings (SSSR count). The second kappa shape index (κ2) is 8.66. The van der Waals surface area contributed by atoms with Crippen LogP contribution >= 0.6 is 0 Å². The molecule has 2 aromatic heterocycles. The molecule has 0 aliphatic rings. The highest BCUT2D eigenvalue weighted by atomic mass is 16.5. The number of amides is 1. The topological polar surface area (TPSA) is 81.1 Å². The van der Waals surface area contributed by atoms with E-state index in [1.807, 2.05) is 66.3 Å². The van der Waals surface area contributed by atoms with Gasteiger partial charge in [-0.1, -0.05) is 12.1 Å². The highest BCUT2D eigenvalue weighted by Crippen LogP contribution is 2.12. The average molecular weight is 351 g/mol. The predicted molar refractivity (Wildman–Crippen MR) is 99.5 cm³/mol. The molecule has 1 aromatic carbocycles. The van der Waals surface area contributed by atoms with Crippen molar-refractivity contribution in [1.29, 1.82) is 0 Å². The Labute approximate surface area is 152 Å². The maximum atomic E-state index is 11.8. The molecule has 0 fully saturated rings. The van der Waals surface area contributed by atoms with Crippen molar-refractivity contribution in [2.45, 2.75) is 6.92 Å². The minimum atomic E-state index is -0.163. The lowest BCUT2D eigenvalue weighted by atomic mass is 10.2. The third-order valence-corrected chi connectivity index (χ3v) is 3.63. The Hall–Kier alpha value is -3.35. The third-order valence-electron chi connectivity index (χ3n) is 3.63. The Balaban J connectivity index is 1.39. The average Bonchev–Trinajstić information content (AvgIpc) is 3.19. The maximum absolute atomic E-state index is 11.8. The van der Waals surface area contributed by atoms with E-state index < -0.39 is 0 Å². The van der Waals surface area contributed by atoms with Crippen LogP contribution in [0, 0.1) is 6.92 Å². The molecule has 3 aromatic rings. The Bertz CT molecular complexity index is 849. The summed E-state index contributed by atoms with van der Waals surface area (Å²) in [7, 11) is 0. The van der Waals surface area contributed by atoms with Gasteiger partial charge in [0.1, 0.15) is 23.7 Å². The van der Waals surface area contributed by atoms with E-state index in [4.69, 9.17) is 4.74 Å². The first-order valence-corrected chi connectivity index (χ1v) is 8.36. The highest BCUT2D eigenvalue weighted by Gasteiger charge is 2.03. The maximum Gasteiger partial charge on any atom is 0.258 e. The lowest BCUT2D eigenvalue weighted by Gasteiger charge is -2.10. The van der Waals surface area contributed by atoms with Crippen molar-refractivity contribution >= 4 is 11.7 Å². The van der Waals surface area contributed by atoms with Gasteiger partial charge in [-0.2, -0.15) is 0 Å². The first-order valence-electron chi connectivity index (χ1n) is 8.36. The van der Waals surface area contributed by atoms with Gasteiger partial charge >= 0.3 is 0 Å². The SMILES string of the molecule is Cc1cccc(OCC(=O)NCCNc2cc(-n3cccc3)ncn2)c1. The van der Waals surface area contributed by atoms with Crippen LogP contribution in [0.4, 0.5) is 5.82 Å². The van der Waals surface area contributed by atoms with E-state index in [1.165, 1.54) is 6.33 Å². The summed E-state index contributed by atoms with van der Waals surface area (Å²) in [6.45, 7) is 3.00. The summed E-state index contributed by atoms with van der Waals surface area (Å²) in [6.07, 6.45) is 5.34. The zero-order valence-corrected chi connectivity index (χ0v) is 14.6. The van der Waals surface area contributed by atoms with Gasteiger partial charge in [0.05, 0.1) is 0 Å². The highest BCUT2D eigenvalue weighted by molar-refractivity contribution is 5.77. The van der Waals surface area contributed by atoms with Crippen LogP contribution in [0.5, 0.6) is 5.75 Å². The zero-order chi connectivity index (χ0) is 18.2. The predicted octanol–water partition coefficient (Wildman–Crippen LogP) is 2.18. The van der Waals surface area contributed by atoms with E-state index in [0.717, 1.165) is 11.4 Å². The molecular formula is C19H21N5O2. The van der Waals surface area contributed by atoms with Crippen LogP contribution in [0.25, 0.3) is 5.82 Å². The van der Waals surface area contributed by atoms with Gasteiger partial charge in [-0.25, -0.2) is 9.97 Å². The van der Waals surface area contributed by atoms with Crippen molar-refractivity contribution in [3.63, 3.8) is 0 Å². The Morgan fingerprint density at radius 3 is 2.77 bits per heavy atom. The van der Waals surface area contributed by atoms with Crippen molar-refractivity contribution in [3.8, 4) is 11.6 Å². The zero-order valence-electron chi connectivity index (χ0n) is 14.6. The number of hydrogen-bond donors (Lipinski definition) is 2. The van der Waals surface area contributed by atoms with Crippen LogP contribution < -0.4 is 15.4 Å². The summed E-state index contributed by atoms with van der Waals surface area (Å²) in [5.41, 5.74) is 1.09. The van der Waals surface area contributed by atoms with Gasteiger partial charge in [-0.15, -0.1) is 0 Å². The summed E-state index contributed by atoms with van der Waals surface area (Å²) in [5.74, 6) is 2.01. The van der Waals surface area contributed by atoms with Crippen LogP contribution in [-0.2, 0) is 4.79 Å². The smallest absolute Gasteiger partial charge is 0.258 e. The van der Waals surface area contributed by atoms with Gasteiger partial charge < -0.3 is 19.9 Å². The first-order chi connectivity index (χ1) is 12.7. The van der Waals surface area contributed by atoms with Gasteiger partial charge in [-0.05, 0) is 36.8 Å². The number of carbonyl (C=O) groups excluding carboxylic acids is 1. The molecule has 0 aliphatic heterocycles. The minimum Gasteiger partial charge on any atom is -0.484 e. The largest absolute Gasteiger partial charge is 0.484 e. The van der Waals surface area contributed by atoms with Crippen LogP contribution in [0.1, 0.15) is 5.56 Å². The molecular weight excluding hydrogens is 330 g/mol. The second-order valence-electron chi connectivity index (χ2n) is 5.73. The second-order valence-corrected chi connectivity index (χ2v) is 5.73. The molecule has 0 saturated carbocycles. The molecule has 0 bridgehead atoms. The van der Waals surface area contributed by atoms with Crippen molar-refractivity contribution in [2.75, 3.05) is 25.0 Å². The molecule has 0 spiro atoms. The Morgan fingerprint density at radius 1 is 1.12 bits per heavy atom. The van der Waals surface area contributed by atoms with E-state index >= 15 is 0 Å². The Kier molecular flexibility index (Phi) is 5.82. The van der Waals surface area contributed by atoms with Crippen LogP contribution in [0.3, 0.4) is 0 Å². The van der Waals surface area contributed by atoms with Crippen molar-refractivity contribution in [3.05, 3.63) is 66.7 Å². The lowest BCUT2D eigenvalue weighted by Crippen LogP contribution is -2.32. The van der Waals surface area contributed by atoms with Crippen molar-refractivity contribution in [1.82, 2.24) is 19.9 Å². The van der Waals surface area contributed by atoms with Gasteiger partial charge in [0.15, 0.2) is 6.61 Å². The van der Waals surface area contributed by atoms with E-state index in [2.05, 4.69) is 20.6 Å². The summed E-state index contributed by atoms with van der Waals surface area (Å²) in [5, 5.41) is 5.97. The number of ether oxygens (including phenoxy) is 1. The number of aryl methyl sites for hydroxylation is 1. The number of anilines is 1. The number of benzene rings is 1. The number of carbonyl (C=O) groups is 1. The molecule has 0 radical (unpaired) electrons. The summed E-state index contributed by atoms with van der Waals surface area (Å²) in [6, 6.07) is 13.3. The van der Waals surface area contributed by atoms with Crippen LogP contribution in [-0.4, -0.2) is 40.1 Å². The number of rotatable bonds is 8. The number of nitrogens with zero attached hydrogens (tertiary/aromatic N) is 3. The van der Waals surface area contributed by atoms with Gasteiger partial charge in [0.25, 0.3) is 5.91 Å². The molecule has 26 heavy (non-hydrogen) atoms. The molecule has 0 atom stereocenters. The first kappa shape index (κ1) is 17.5. The molecule has 2 N–H and O–H groups in total. The molecule has 7 heteroatoms. The Morgan fingerprint density at radius 2 is 1.96 bits per heavy atom. The summed E-state index contributed by atoms with van der Waals surface area (Å²) in [4.78, 5) is 20.2. The molecule has 0 aliphatic carbocycles. The quantitative estimate of drug-likeness (QED) is 0.608. The molecule has 0 saturated heterocycles. The number of aromatic nitrogens is 3. The van der Waals surface area contributed by atoms with Gasteiger partial charge in [-0.3, -0.25) is 4.79 Å². The number of hydrogen-bond acceptors (Lipinski definition) is 5. The lowest BCUT2D eigenvalue weighted by molar-refractivity contribution is -0.123. The standard InChI is InChI=1S/C19H21N5O2/c1-15-5-4-6-16(11-15)26-13-19(25)21-8-7-20-17-12-18(23-14-22-17)24-9-2-3-10-24/h2-6,9-12,14H,7-8,13H2,1H3,(H,21,25)(H,20,22,23). The summed E-state index contributed by atoms with van der Waals surface area (Å²) < 4.78 is 7.37. The fourth-order valence-corrected chi connectivity index (χ4v) is 2.37. The molecule has 1 amide bonds. The van der Waals surface area contributed by atoms with Gasteiger partial charge in [0, 0.05) is 31.5 Å². The monoisotopic (exact) mass is 351 g/mol. The third kappa shape index (κ3) is 5.07. The molecule has 7 nitrogen and oxygen atoms in total. The number of nitrogens with one attached hydrogen (secondary N) is 2. The van der Waals surface area contributed by atoms with E-state index in [-0.39, 0.29) is 12.5 Å². The van der Waals surface area contributed by atoms with Crippen molar-refractivity contribution in [2.24, 2.45) is 0 Å². The van der Waals surface area contributed by atoms with E-state index in [0.29, 0.717) is 24.7 Å². The van der Waals surface area contributed by atoms with Crippen LogP contribution in [0.15, 0.2) is 61.2 Å². The van der Waals surface area contributed by atoms with Gasteiger partial charge in [0.2, 0.25) is 0 Å². The van der Waals surface area contributed by atoms with E-state index in [9.17, 15) is 4.79 Å². The van der Waals surface area contributed by atoms with E-state index in [1.54, 1.807) is 0 Å². The molecule has 134 valence electrons. The molecule has 2 heterocycles. The fraction of sp³-hybridized carbons (Fsp3) is 0.211. The normalized spacial score (nSPS) is 10.3. The summed E-state index contributed by atoms with van der Waals surface area (Å²) >= 11 is 0. The van der Waals surface area contributed by atoms with Crippen molar-refractivity contribution < 1.29 is 9.53 Å². The van der Waals surface area contributed by atoms with Crippen LogP contribution in [0.2, 0.25) is 0 Å². The minimum absolute atomic E-state index is 0.00522.